The van der Waals surface area contributed by atoms with Crippen molar-refractivity contribution in [3.8, 4) is 11.5 Å². The number of methoxy groups -OCH3 is 1. The van der Waals surface area contributed by atoms with Crippen molar-refractivity contribution in [2.75, 3.05) is 7.11 Å². The summed E-state index contributed by atoms with van der Waals surface area (Å²) < 4.78 is 5.05. The van der Waals surface area contributed by atoms with Crippen LogP contribution in [0.1, 0.15) is 16.2 Å². The molecule has 1 heterocycles. The molecule has 0 aliphatic heterocycles. The minimum Gasteiger partial charge on any atom is -0.507 e. The third-order valence-electron chi connectivity index (χ3n) is 3.30. The molecule has 22 heavy (non-hydrogen) atoms. The topological polar surface area (TPSA) is 87.2 Å². The molecule has 0 atom stereocenters. The van der Waals surface area contributed by atoms with Crippen LogP contribution in [0.25, 0.3) is 11.0 Å². The maximum atomic E-state index is 12.2. The predicted octanol–water partition coefficient (Wildman–Crippen LogP) is 2.21. The standard InChI is InChI=1S/C16H15N3O3/c1-22-10-6-7-14(20)11(8-10)16(21)17-9-15-18-12-4-2-3-5-13(12)19-15/h2-8,20H,9H2,1H3,(H,17,21)(H,18,19). The smallest absolute Gasteiger partial charge is 0.255 e. The number of hydrogen-bond donors (Lipinski definition) is 3. The van der Waals surface area contributed by atoms with E-state index in [1.807, 2.05) is 24.3 Å². The van der Waals surface area contributed by atoms with Gasteiger partial charge in [-0.15, -0.1) is 0 Å². The fourth-order valence-corrected chi connectivity index (χ4v) is 2.17. The van der Waals surface area contributed by atoms with Gasteiger partial charge in [0, 0.05) is 0 Å². The minimum absolute atomic E-state index is 0.0945. The summed E-state index contributed by atoms with van der Waals surface area (Å²) in [7, 11) is 1.50. The van der Waals surface area contributed by atoms with Gasteiger partial charge in [0.1, 0.15) is 17.3 Å². The van der Waals surface area contributed by atoms with Crippen LogP contribution in [0.4, 0.5) is 0 Å². The number of aromatic hydroxyl groups is 1. The summed E-state index contributed by atoms with van der Waals surface area (Å²) in [4.78, 5) is 19.7. The molecule has 3 rings (SSSR count). The molecule has 0 aliphatic carbocycles. The summed E-state index contributed by atoms with van der Waals surface area (Å²) in [6, 6.07) is 12.1. The van der Waals surface area contributed by atoms with E-state index in [4.69, 9.17) is 4.74 Å². The molecule has 0 radical (unpaired) electrons. The van der Waals surface area contributed by atoms with Crippen LogP contribution >= 0.6 is 0 Å². The lowest BCUT2D eigenvalue weighted by Crippen LogP contribution is -2.23. The maximum absolute atomic E-state index is 12.2. The summed E-state index contributed by atoms with van der Waals surface area (Å²) in [6.07, 6.45) is 0. The van der Waals surface area contributed by atoms with Crippen molar-refractivity contribution in [1.82, 2.24) is 15.3 Å². The Bertz CT molecular complexity index is 793. The van der Waals surface area contributed by atoms with E-state index in [-0.39, 0.29) is 17.9 Å². The normalized spacial score (nSPS) is 10.6. The number of rotatable bonds is 4. The van der Waals surface area contributed by atoms with E-state index in [2.05, 4.69) is 15.3 Å². The molecule has 0 aliphatic rings. The first kappa shape index (κ1) is 13.9. The molecule has 3 N–H and O–H groups in total. The number of hydrogen-bond acceptors (Lipinski definition) is 4. The number of nitrogens with zero attached hydrogens (tertiary/aromatic N) is 1. The molecular weight excluding hydrogens is 282 g/mol. The van der Waals surface area contributed by atoms with Crippen molar-refractivity contribution in [2.24, 2.45) is 0 Å². The SMILES string of the molecule is COc1ccc(O)c(C(=O)NCc2nc3ccccc3[nH]2)c1. The Morgan fingerprint density at radius 3 is 2.91 bits per heavy atom. The predicted molar refractivity (Wildman–Crippen MR) is 81.9 cm³/mol. The molecule has 0 bridgehead atoms. The van der Waals surface area contributed by atoms with Gasteiger partial charge in [-0.1, -0.05) is 12.1 Å². The quantitative estimate of drug-likeness (QED) is 0.689. The molecule has 3 aromatic rings. The Kier molecular flexibility index (Phi) is 3.65. The third-order valence-corrected chi connectivity index (χ3v) is 3.30. The zero-order valence-corrected chi connectivity index (χ0v) is 12.0. The first-order chi connectivity index (χ1) is 10.7. The van der Waals surface area contributed by atoms with Gasteiger partial charge in [-0.05, 0) is 30.3 Å². The molecule has 6 heteroatoms. The number of amides is 1. The number of aromatic nitrogens is 2. The second-order valence-corrected chi connectivity index (χ2v) is 4.77. The Morgan fingerprint density at radius 2 is 2.14 bits per heavy atom. The molecule has 2 aromatic carbocycles. The summed E-state index contributed by atoms with van der Waals surface area (Å²) in [6.45, 7) is 0.240. The van der Waals surface area contributed by atoms with Crippen LogP contribution in [-0.4, -0.2) is 28.1 Å². The average Bonchev–Trinajstić information content (AvgIpc) is 2.96. The minimum atomic E-state index is -0.392. The highest BCUT2D eigenvalue weighted by atomic mass is 16.5. The van der Waals surface area contributed by atoms with Gasteiger partial charge >= 0.3 is 0 Å². The fourth-order valence-electron chi connectivity index (χ4n) is 2.17. The van der Waals surface area contributed by atoms with E-state index in [1.54, 1.807) is 6.07 Å². The van der Waals surface area contributed by atoms with Gasteiger partial charge in [0.25, 0.3) is 5.91 Å². The number of phenolic OH excluding ortho intramolecular Hbond substituents is 1. The van der Waals surface area contributed by atoms with E-state index >= 15 is 0 Å². The van der Waals surface area contributed by atoms with E-state index in [9.17, 15) is 9.90 Å². The fraction of sp³-hybridized carbons (Fsp3) is 0.125. The lowest BCUT2D eigenvalue weighted by molar-refractivity contribution is 0.0947. The van der Waals surface area contributed by atoms with Gasteiger partial charge in [-0.2, -0.15) is 0 Å². The van der Waals surface area contributed by atoms with Gasteiger partial charge in [-0.3, -0.25) is 4.79 Å². The number of benzene rings is 2. The van der Waals surface area contributed by atoms with Crippen LogP contribution in [-0.2, 0) is 6.54 Å². The summed E-state index contributed by atoms with van der Waals surface area (Å²) in [5.74, 6) is 0.670. The molecule has 0 spiro atoms. The lowest BCUT2D eigenvalue weighted by atomic mass is 10.1. The summed E-state index contributed by atoms with van der Waals surface area (Å²) >= 11 is 0. The van der Waals surface area contributed by atoms with Crippen LogP contribution in [0.3, 0.4) is 0 Å². The average molecular weight is 297 g/mol. The van der Waals surface area contributed by atoms with Crippen molar-refractivity contribution in [2.45, 2.75) is 6.54 Å². The van der Waals surface area contributed by atoms with Crippen molar-refractivity contribution in [1.29, 1.82) is 0 Å². The van der Waals surface area contributed by atoms with Crippen molar-refractivity contribution in [3.63, 3.8) is 0 Å². The Labute approximate surface area is 126 Å². The number of nitrogens with one attached hydrogen (secondary N) is 2. The van der Waals surface area contributed by atoms with Crippen LogP contribution in [0.15, 0.2) is 42.5 Å². The first-order valence-corrected chi connectivity index (χ1v) is 6.76. The number of para-hydroxylation sites is 2. The summed E-state index contributed by atoms with van der Waals surface area (Å²) in [5, 5.41) is 12.5. The zero-order valence-electron chi connectivity index (χ0n) is 12.0. The van der Waals surface area contributed by atoms with E-state index in [0.29, 0.717) is 11.6 Å². The lowest BCUT2D eigenvalue weighted by Gasteiger charge is -2.07. The van der Waals surface area contributed by atoms with Crippen molar-refractivity contribution < 1.29 is 14.6 Å². The first-order valence-electron chi connectivity index (χ1n) is 6.76. The van der Waals surface area contributed by atoms with Gasteiger partial charge in [0.15, 0.2) is 0 Å². The number of imidazole rings is 1. The van der Waals surface area contributed by atoms with Crippen molar-refractivity contribution >= 4 is 16.9 Å². The van der Waals surface area contributed by atoms with Gasteiger partial charge in [0.2, 0.25) is 0 Å². The maximum Gasteiger partial charge on any atom is 0.255 e. The number of carbonyl (C=O) groups excluding carboxylic acids is 1. The monoisotopic (exact) mass is 297 g/mol. The molecule has 0 saturated heterocycles. The van der Waals surface area contributed by atoms with Gasteiger partial charge in [0.05, 0.1) is 30.3 Å². The van der Waals surface area contributed by atoms with Crippen LogP contribution in [0.2, 0.25) is 0 Å². The highest BCUT2D eigenvalue weighted by Gasteiger charge is 2.13. The Hall–Kier alpha value is -3.02. The summed E-state index contributed by atoms with van der Waals surface area (Å²) in [5.41, 5.74) is 1.92. The largest absolute Gasteiger partial charge is 0.507 e. The zero-order chi connectivity index (χ0) is 15.5. The number of fused-ring (bicyclic) bond motifs is 1. The Balaban J connectivity index is 1.74. The van der Waals surface area contributed by atoms with E-state index in [0.717, 1.165) is 11.0 Å². The molecule has 6 nitrogen and oxygen atoms in total. The molecular formula is C16H15N3O3. The number of phenols is 1. The van der Waals surface area contributed by atoms with E-state index < -0.39 is 5.91 Å². The molecule has 1 amide bonds. The number of H-pyrrole nitrogens is 1. The Morgan fingerprint density at radius 1 is 1.32 bits per heavy atom. The second kappa shape index (κ2) is 5.77. The molecule has 112 valence electrons. The van der Waals surface area contributed by atoms with Gasteiger partial charge in [-0.25, -0.2) is 4.98 Å². The number of aromatic amines is 1. The highest BCUT2D eigenvalue weighted by molar-refractivity contribution is 5.97. The third kappa shape index (κ3) is 2.71. The number of ether oxygens (including phenoxy) is 1. The van der Waals surface area contributed by atoms with Gasteiger partial charge < -0.3 is 20.1 Å². The second-order valence-electron chi connectivity index (χ2n) is 4.77. The molecule has 0 unspecified atom stereocenters. The molecule has 0 fully saturated rings. The molecule has 0 saturated carbocycles. The number of carbonyl (C=O) groups is 1. The molecule has 1 aromatic heterocycles. The van der Waals surface area contributed by atoms with Crippen LogP contribution in [0, 0.1) is 0 Å². The van der Waals surface area contributed by atoms with Crippen molar-refractivity contribution in [3.05, 3.63) is 53.9 Å². The van der Waals surface area contributed by atoms with Crippen LogP contribution in [0.5, 0.6) is 11.5 Å². The van der Waals surface area contributed by atoms with Crippen LogP contribution < -0.4 is 10.1 Å². The highest BCUT2D eigenvalue weighted by Crippen LogP contribution is 2.22. The van der Waals surface area contributed by atoms with E-state index in [1.165, 1.54) is 19.2 Å².